The van der Waals surface area contributed by atoms with Crippen molar-refractivity contribution in [3.8, 4) is 0 Å². The topological polar surface area (TPSA) is 76.0 Å². The normalized spacial score (nSPS) is 21.5. The molecule has 2 amide bonds. The first-order valence-corrected chi connectivity index (χ1v) is 8.02. The van der Waals surface area contributed by atoms with Gasteiger partial charge in [0.1, 0.15) is 17.4 Å². The minimum absolute atomic E-state index is 0.139. The predicted octanol–water partition coefficient (Wildman–Crippen LogP) is 2.61. The molecule has 130 valence electrons. The van der Waals surface area contributed by atoms with E-state index in [2.05, 4.69) is 5.16 Å². The number of halogens is 2. The van der Waals surface area contributed by atoms with Crippen LogP contribution in [0.3, 0.4) is 0 Å². The summed E-state index contributed by atoms with van der Waals surface area (Å²) in [6.07, 6.45) is -1.20. The molecule has 1 fully saturated rings. The standard InChI is InChI=1S/C18H10ClFN2O4/c19-10-3-1-9(2-4-10)15(23)14-13-16(26-21-14)18(25)22(17(13)24)12-7-5-11(20)6-8-12/h1-8,13,16H/t13-,16-/m1/s1. The fourth-order valence-electron chi connectivity index (χ4n) is 2.96. The molecule has 2 atom stereocenters. The molecule has 2 aliphatic heterocycles. The molecule has 26 heavy (non-hydrogen) atoms. The van der Waals surface area contributed by atoms with Gasteiger partial charge in [-0.05, 0) is 48.5 Å². The van der Waals surface area contributed by atoms with Gasteiger partial charge in [0.05, 0.1) is 5.69 Å². The first-order valence-electron chi connectivity index (χ1n) is 7.65. The molecular formula is C18H10ClFN2O4. The Morgan fingerprint density at radius 2 is 1.69 bits per heavy atom. The van der Waals surface area contributed by atoms with Crippen molar-refractivity contribution in [2.24, 2.45) is 11.1 Å². The Morgan fingerprint density at radius 1 is 1.04 bits per heavy atom. The molecule has 8 heteroatoms. The number of Topliss-reactive ketones (excluding diaryl/α,β-unsaturated/α-hetero) is 1. The molecule has 2 aromatic rings. The van der Waals surface area contributed by atoms with Gasteiger partial charge in [0.25, 0.3) is 5.91 Å². The third kappa shape index (κ3) is 2.48. The second-order valence-corrected chi connectivity index (χ2v) is 6.24. The number of nitrogens with zero attached hydrogens (tertiary/aromatic N) is 2. The molecule has 2 aliphatic rings. The van der Waals surface area contributed by atoms with E-state index in [9.17, 15) is 18.8 Å². The van der Waals surface area contributed by atoms with Gasteiger partial charge >= 0.3 is 0 Å². The maximum Gasteiger partial charge on any atom is 0.278 e. The quantitative estimate of drug-likeness (QED) is 0.613. The minimum Gasteiger partial charge on any atom is -0.381 e. The van der Waals surface area contributed by atoms with E-state index >= 15 is 0 Å². The second kappa shape index (κ2) is 6.03. The van der Waals surface area contributed by atoms with Crippen LogP contribution in [0.25, 0.3) is 0 Å². The van der Waals surface area contributed by atoms with E-state index in [0.29, 0.717) is 5.02 Å². The van der Waals surface area contributed by atoms with Crippen LogP contribution in [0.5, 0.6) is 0 Å². The number of fused-ring (bicyclic) bond motifs is 1. The van der Waals surface area contributed by atoms with Gasteiger partial charge in [-0.3, -0.25) is 14.4 Å². The Kier molecular flexibility index (Phi) is 3.81. The summed E-state index contributed by atoms with van der Waals surface area (Å²) >= 11 is 5.81. The lowest BCUT2D eigenvalue weighted by Gasteiger charge is -2.15. The molecule has 4 rings (SSSR count). The van der Waals surface area contributed by atoms with Crippen LogP contribution in [0.2, 0.25) is 5.02 Å². The predicted molar refractivity (Wildman–Crippen MR) is 90.5 cm³/mol. The highest BCUT2D eigenvalue weighted by molar-refractivity contribution is 6.52. The summed E-state index contributed by atoms with van der Waals surface area (Å²) in [5.74, 6) is -3.42. The third-order valence-electron chi connectivity index (χ3n) is 4.24. The number of oxime groups is 1. The van der Waals surface area contributed by atoms with Crippen molar-refractivity contribution in [1.82, 2.24) is 0 Å². The molecule has 0 aliphatic carbocycles. The van der Waals surface area contributed by atoms with E-state index in [1.165, 1.54) is 36.4 Å². The van der Waals surface area contributed by atoms with Crippen LogP contribution in [0.4, 0.5) is 10.1 Å². The molecular weight excluding hydrogens is 363 g/mol. The Labute approximate surface area is 151 Å². The lowest BCUT2D eigenvalue weighted by atomic mass is 9.93. The van der Waals surface area contributed by atoms with Gasteiger partial charge in [-0.25, -0.2) is 9.29 Å². The van der Waals surface area contributed by atoms with Gasteiger partial charge in [0.15, 0.2) is 0 Å². The van der Waals surface area contributed by atoms with Crippen LogP contribution in [0, 0.1) is 11.7 Å². The van der Waals surface area contributed by atoms with Gasteiger partial charge in [-0.2, -0.15) is 0 Å². The van der Waals surface area contributed by atoms with E-state index < -0.39 is 35.4 Å². The lowest BCUT2D eigenvalue weighted by molar-refractivity contribution is -0.126. The van der Waals surface area contributed by atoms with Crippen LogP contribution in [-0.2, 0) is 14.4 Å². The molecule has 0 unspecified atom stereocenters. The van der Waals surface area contributed by atoms with Crippen molar-refractivity contribution in [1.29, 1.82) is 0 Å². The summed E-state index contributed by atoms with van der Waals surface area (Å²) in [4.78, 5) is 43.9. The van der Waals surface area contributed by atoms with Crippen molar-refractivity contribution < 1.29 is 23.6 Å². The van der Waals surface area contributed by atoms with Gasteiger partial charge in [-0.15, -0.1) is 0 Å². The highest BCUT2D eigenvalue weighted by Gasteiger charge is 2.57. The van der Waals surface area contributed by atoms with E-state index in [0.717, 1.165) is 17.0 Å². The van der Waals surface area contributed by atoms with E-state index in [4.69, 9.17) is 16.4 Å². The minimum atomic E-state index is -1.20. The molecule has 0 spiro atoms. The highest BCUT2D eigenvalue weighted by atomic mass is 35.5. The first-order chi connectivity index (χ1) is 12.5. The third-order valence-corrected chi connectivity index (χ3v) is 4.49. The number of carbonyl (C=O) groups is 3. The van der Waals surface area contributed by atoms with E-state index in [-0.39, 0.29) is 17.0 Å². The van der Waals surface area contributed by atoms with Crippen molar-refractivity contribution in [3.05, 3.63) is 64.9 Å². The fourth-order valence-corrected chi connectivity index (χ4v) is 3.09. The summed E-state index contributed by atoms with van der Waals surface area (Å²) in [5.41, 5.74) is 0.343. The maximum absolute atomic E-state index is 13.1. The van der Waals surface area contributed by atoms with Crippen molar-refractivity contribution in [2.75, 3.05) is 4.90 Å². The Morgan fingerprint density at radius 3 is 2.35 bits per heavy atom. The number of ketones is 1. The molecule has 0 aromatic heterocycles. The number of imide groups is 1. The molecule has 1 saturated heterocycles. The molecule has 6 nitrogen and oxygen atoms in total. The summed E-state index contributed by atoms with van der Waals surface area (Å²) in [5, 5.41) is 4.12. The Bertz CT molecular complexity index is 956. The lowest BCUT2D eigenvalue weighted by Crippen LogP contribution is -2.34. The summed E-state index contributed by atoms with van der Waals surface area (Å²) in [7, 11) is 0. The van der Waals surface area contributed by atoms with Crippen LogP contribution >= 0.6 is 11.6 Å². The van der Waals surface area contributed by atoms with Crippen LogP contribution < -0.4 is 4.90 Å². The molecule has 2 heterocycles. The van der Waals surface area contributed by atoms with Crippen molar-refractivity contribution >= 4 is 40.6 Å². The van der Waals surface area contributed by atoms with Crippen molar-refractivity contribution in [2.45, 2.75) is 6.10 Å². The Balaban J connectivity index is 1.65. The molecule has 0 N–H and O–H groups in total. The largest absolute Gasteiger partial charge is 0.381 e. The van der Waals surface area contributed by atoms with E-state index in [1.807, 2.05) is 0 Å². The molecule has 0 bridgehead atoms. The van der Waals surface area contributed by atoms with Crippen LogP contribution in [0.15, 0.2) is 53.7 Å². The maximum atomic E-state index is 13.1. The second-order valence-electron chi connectivity index (χ2n) is 5.80. The Hall–Kier alpha value is -3.06. The van der Waals surface area contributed by atoms with Crippen LogP contribution in [-0.4, -0.2) is 29.4 Å². The number of hydrogen-bond donors (Lipinski definition) is 0. The van der Waals surface area contributed by atoms with Gasteiger partial charge < -0.3 is 4.84 Å². The number of rotatable bonds is 3. The number of hydrogen-bond acceptors (Lipinski definition) is 5. The zero-order chi connectivity index (χ0) is 18.4. The average Bonchev–Trinajstić information content (AvgIpc) is 3.17. The molecule has 2 aromatic carbocycles. The SMILES string of the molecule is O=C(C1=NO[C@H]2C(=O)N(c3ccc(F)cc3)C(=O)[C@H]12)c1ccc(Cl)cc1. The average molecular weight is 373 g/mol. The first kappa shape index (κ1) is 16.4. The zero-order valence-electron chi connectivity index (χ0n) is 13.1. The van der Waals surface area contributed by atoms with Crippen molar-refractivity contribution in [3.63, 3.8) is 0 Å². The number of anilines is 1. The van der Waals surface area contributed by atoms with Crippen LogP contribution in [0.1, 0.15) is 10.4 Å². The van der Waals surface area contributed by atoms with Gasteiger partial charge in [0, 0.05) is 10.6 Å². The highest BCUT2D eigenvalue weighted by Crippen LogP contribution is 2.34. The zero-order valence-corrected chi connectivity index (χ0v) is 13.8. The molecule has 0 radical (unpaired) electrons. The summed E-state index contributed by atoms with van der Waals surface area (Å²) in [6.45, 7) is 0. The number of amides is 2. The summed E-state index contributed by atoms with van der Waals surface area (Å²) < 4.78 is 13.1. The number of benzene rings is 2. The van der Waals surface area contributed by atoms with Gasteiger partial charge in [0.2, 0.25) is 17.8 Å². The van der Waals surface area contributed by atoms with E-state index in [1.54, 1.807) is 0 Å². The molecule has 0 saturated carbocycles. The monoisotopic (exact) mass is 372 g/mol. The fraction of sp³-hybridized carbons (Fsp3) is 0.111. The van der Waals surface area contributed by atoms with Gasteiger partial charge in [-0.1, -0.05) is 16.8 Å². The summed E-state index contributed by atoms with van der Waals surface area (Å²) in [6, 6.07) is 11.0. The number of carbonyl (C=O) groups excluding carboxylic acids is 3. The smallest absolute Gasteiger partial charge is 0.278 e.